The van der Waals surface area contributed by atoms with Gasteiger partial charge in [0.15, 0.2) is 0 Å². The number of aryl methyl sites for hydroxylation is 1. The van der Waals surface area contributed by atoms with Gasteiger partial charge in [-0.3, -0.25) is 0 Å². The number of hydrazine groups is 1. The molecule has 0 amide bonds. The molecule has 3 N–H and O–H groups in total. The lowest BCUT2D eigenvalue weighted by atomic mass is 10.2. The van der Waals surface area contributed by atoms with E-state index in [1.807, 2.05) is 13.0 Å². The van der Waals surface area contributed by atoms with Crippen molar-refractivity contribution < 1.29 is 9.13 Å². The van der Waals surface area contributed by atoms with Gasteiger partial charge in [0.2, 0.25) is 0 Å². The van der Waals surface area contributed by atoms with Crippen LogP contribution in [0.3, 0.4) is 0 Å². The van der Waals surface area contributed by atoms with Gasteiger partial charge in [-0.15, -0.1) is 0 Å². The number of halogens is 1. The fourth-order valence-corrected chi connectivity index (χ4v) is 1.53. The van der Waals surface area contributed by atoms with Crippen LogP contribution in [-0.2, 0) is 6.61 Å². The highest BCUT2D eigenvalue weighted by Gasteiger charge is 2.03. The molecule has 0 bridgehead atoms. The summed E-state index contributed by atoms with van der Waals surface area (Å²) in [5, 5.41) is 0. The third-order valence-electron chi connectivity index (χ3n) is 2.52. The first kappa shape index (κ1) is 12.3. The number of nitrogens with one attached hydrogen (secondary N) is 1. The number of anilines is 1. The number of aromatic nitrogens is 1. The number of rotatable bonds is 4. The molecule has 1 heterocycles. The van der Waals surface area contributed by atoms with E-state index in [4.69, 9.17) is 10.6 Å². The number of hydrogen-bond donors (Lipinski definition) is 2. The van der Waals surface area contributed by atoms with Crippen molar-refractivity contribution in [2.24, 2.45) is 5.84 Å². The fraction of sp³-hybridized carbons (Fsp3) is 0.154. The van der Waals surface area contributed by atoms with Crippen molar-refractivity contribution in [3.63, 3.8) is 0 Å². The monoisotopic (exact) mass is 247 g/mol. The predicted molar refractivity (Wildman–Crippen MR) is 67.5 cm³/mol. The van der Waals surface area contributed by atoms with Crippen LogP contribution in [0.1, 0.15) is 11.1 Å². The van der Waals surface area contributed by atoms with E-state index in [0.717, 1.165) is 11.1 Å². The lowest BCUT2D eigenvalue weighted by molar-refractivity contribution is 0.302. The maximum atomic E-state index is 13.1. The normalized spacial score (nSPS) is 10.2. The van der Waals surface area contributed by atoms with Crippen LogP contribution in [0.5, 0.6) is 5.75 Å². The number of ether oxygens (including phenoxy) is 1. The lowest BCUT2D eigenvalue weighted by Gasteiger charge is -2.09. The number of nitrogens with zero attached hydrogens (tertiary/aromatic N) is 1. The summed E-state index contributed by atoms with van der Waals surface area (Å²) in [5.74, 6) is 6.05. The summed E-state index contributed by atoms with van der Waals surface area (Å²) in [7, 11) is 0. The Labute approximate surface area is 105 Å². The van der Waals surface area contributed by atoms with Gasteiger partial charge in [0.25, 0.3) is 0 Å². The minimum Gasteiger partial charge on any atom is -0.489 e. The maximum Gasteiger partial charge on any atom is 0.140 e. The zero-order valence-electron chi connectivity index (χ0n) is 9.98. The molecule has 0 atom stereocenters. The Kier molecular flexibility index (Phi) is 3.74. The van der Waals surface area contributed by atoms with Crippen molar-refractivity contribution in [3.05, 3.63) is 53.5 Å². The molecule has 0 saturated carbocycles. The Hall–Kier alpha value is -2.14. The zero-order chi connectivity index (χ0) is 13.0. The zero-order valence-corrected chi connectivity index (χ0v) is 9.98. The summed E-state index contributed by atoms with van der Waals surface area (Å²) in [5.41, 5.74) is 4.25. The topological polar surface area (TPSA) is 60.2 Å². The molecular formula is C13H14FN3O. The molecule has 0 aliphatic heterocycles. The summed E-state index contributed by atoms with van der Waals surface area (Å²) in [6.45, 7) is 2.20. The van der Waals surface area contributed by atoms with Gasteiger partial charge in [-0.1, -0.05) is 6.07 Å². The van der Waals surface area contributed by atoms with Gasteiger partial charge in [-0.05, 0) is 36.2 Å². The van der Waals surface area contributed by atoms with Gasteiger partial charge in [-0.25, -0.2) is 15.2 Å². The number of nitrogens with two attached hydrogens (primary N) is 1. The maximum absolute atomic E-state index is 13.1. The molecule has 0 unspecified atom stereocenters. The summed E-state index contributed by atoms with van der Waals surface area (Å²) < 4.78 is 18.6. The molecular weight excluding hydrogens is 233 g/mol. The van der Waals surface area contributed by atoms with Gasteiger partial charge in [0, 0.05) is 12.3 Å². The molecule has 2 aromatic rings. The van der Waals surface area contributed by atoms with E-state index in [-0.39, 0.29) is 5.82 Å². The van der Waals surface area contributed by atoms with Crippen LogP contribution in [0, 0.1) is 12.7 Å². The van der Waals surface area contributed by atoms with Crippen LogP contribution in [0.25, 0.3) is 0 Å². The summed E-state index contributed by atoms with van der Waals surface area (Å²) in [4.78, 5) is 3.99. The van der Waals surface area contributed by atoms with Crippen LogP contribution in [0.4, 0.5) is 10.2 Å². The predicted octanol–water partition coefficient (Wildman–Crippen LogP) is 2.39. The molecule has 0 radical (unpaired) electrons. The molecule has 5 heteroatoms. The van der Waals surface area contributed by atoms with Crippen molar-refractivity contribution in [1.82, 2.24) is 4.98 Å². The minimum absolute atomic E-state index is 0.311. The molecule has 0 aliphatic rings. The van der Waals surface area contributed by atoms with E-state index < -0.39 is 0 Å². The van der Waals surface area contributed by atoms with Crippen molar-refractivity contribution in [3.8, 4) is 5.75 Å². The molecule has 0 fully saturated rings. The van der Waals surface area contributed by atoms with E-state index in [2.05, 4.69) is 10.4 Å². The molecule has 1 aromatic heterocycles. The number of nitrogen functional groups attached to an aromatic ring is 1. The standard InChI is InChI=1S/C13H14FN3O/c1-9-2-3-11(14)7-12(9)18-8-10-4-5-16-13(6-10)17-15/h2-7H,8,15H2,1H3,(H,16,17). The highest BCUT2D eigenvalue weighted by Crippen LogP contribution is 2.20. The average Bonchev–Trinajstić information content (AvgIpc) is 2.40. The van der Waals surface area contributed by atoms with Gasteiger partial charge in [-0.2, -0.15) is 0 Å². The van der Waals surface area contributed by atoms with Crippen LogP contribution in [0.15, 0.2) is 36.5 Å². The Morgan fingerprint density at radius 2 is 2.17 bits per heavy atom. The third kappa shape index (κ3) is 2.95. The van der Waals surface area contributed by atoms with Crippen LogP contribution in [-0.4, -0.2) is 4.98 Å². The lowest BCUT2D eigenvalue weighted by Crippen LogP contribution is -2.09. The van der Waals surface area contributed by atoms with Gasteiger partial charge < -0.3 is 10.2 Å². The number of hydrogen-bond acceptors (Lipinski definition) is 4. The summed E-state index contributed by atoms with van der Waals surface area (Å²) in [6.07, 6.45) is 1.63. The average molecular weight is 247 g/mol. The van der Waals surface area contributed by atoms with Gasteiger partial charge in [0.05, 0.1) is 0 Å². The molecule has 18 heavy (non-hydrogen) atoms. The Bertz CT molecular complexity index is 546. The quantitative estimate of drug-likeness (QED) is 0.643. The highest BCUT2D eigenvalue weighted by atomic mass is 19.1. The van der Waals surface area contributed by atoms with Gasteiger partial charge >= 0.3 is 0 Å². The van der Waals surface area contributed by atoms with E-state index >= 15 is 0 Å². The molecule has 0 spiro atoms. The molecule has 1 aromatic carbocycles. The number of benzene rings is 1. The number of pyridine rings is 1. The molecule has 0 saturated heterocycles. The van der Waals surface area contributed by atoms with Crippen LogP contribution >= 0.6 is 0 Å². The summed E-state index contributed by atoms with van der Waals surface area (Å²) in [6, 6.07) is 8.05. The first-order chi connectivity index (χ1) is 8.69. The smallest absolute Gasteiger partial charge is 0.140 e. The first-order valence-electron chi connectivity index (χ1n) is 5.49. The highest BCUT2D eigenvalue weighted by molar-refractivity contribution is 5.36. The van der Waals surface area contributed by atoms with Crippen LogP contribution < -0.4 is 16.0 Å². The second kappa shape index (κ2) is 5.46. The molecule has 4 nitrogen and oxygen atoms in total. The van der Waals surface area contributed by atoms with E-state index in [1.54, 1.807) is 18.3 Å². The Balaban J connectivity index is 2.08. The molecule has 0 aliphatic carbocycles. The first-order valence-corrected chi connectivity index (χ1v) is 5.49. The van der Waals surface area contributed by atoms with Crippen molar-refractivity contribution in [1.29, 1.82) is 0 Å². The van der Waals surface area contributed by atoms with Crippen molar-refractivity contribution >= 4 is 5.82 Å². The second-order valence-electron chi connectivity index (χ2n) is 3.89. The SMILES string of the molecule is Cc1ccc(F)cc1OCc1ccnc(NN)c1. The third-order valence-corrected chi connectivity index (χ3v) is 2.52. The largest absolute Gasteiger partial charge is 0.489 e. The van der Waals surface area contributed by atoms with E-state index in [1.165, 1.54) is 12.1 Å². The minimum atomic E-state index is -0.311. The van der Waals surface area contributed by atoms with Crippen molar-refractivity contribution in [2.45, 2.75) is 13.5 Å². The van der Waals surface area contributed by atoms with Crippen LogP contribution in [0.2, 0.25) is 0 Å². The van der Waals surface area contributed by atoms with E-state index in [9.17, 15) is 4.39 Å². The fourth-order valence-electron chi connectivity index (χ4n) is 1.53. The second-order valence-corrected chi connectivity index (χ2v) is 3.89. The summed E-state index contributed by atoms with van der Waals surface area (Å²) >= 11 is 0. The Morgan fingerprint density at radius 1 is 1.33 bits per heavy atom. The molecule has 2 rings (SSSR count). The van der Waals surface area contributed by atoms with Crippen molar-refractivity contribution in [2.75, 3.05) is 5.43 Å². The molecule has 94 valence electrons. The van der Waals surface area contributed by atoms with E-state index in [0.29, 0.717) is 18.2 Å². The Morgan fingerprint density at radius 3 is 2.94 bits per heavy atom. The van der Waals surface area contributed by atoms with Gasteiger partial charge in [0.1, 0.15) is 24.0 Å².